The van der Waals surface area contributed by atoms with Crippen LogP contribution >= 0.6 is 0 Å². The number of hydrogen-bond acceptors (Lipinski definition) is 7. The first-order valence-electron chi connectivity index (χ1n) is 8.92. The Bertz CT molecular complexity index is 350. The second-order valence-corrected chi connectivity index (χ2v) is 6.22. The molecule has 0 unspecified atom stereocenters. The molecule has 0 aromatic rings. The molecule has 2 N–H and O–H groups in total. The van der Waals surface area contributed by atoms with E-state index >= 15 is 0 Å². The van der Waals surface area contributed by atoms with Crippen LogP contribution < -0.4 is 5.32 Å². The van der Waals surface area contributed by atoms with Crippen molar-refractivity contribution in [2.24, 2.45) is 0 Å². The Kier molecular flexibility index (Phi) is 12.0. The third-order valence-corrected chi connectivity index (χ3v) is 4.33. The number of amides is 1. The number of carbonyl (C=O) groups is 1. The largest absolute Gasteiger partial charge is 0.390 e. The van der Waals surface area contributed by atoms with E-state index in [1.807, 2.05) is 0 Å². The summed E-state index contributed by atoms with van der Waals surface area (Å²) in [4.78, 5) is 14.4. The highest BCUT2D eigenvalue weighted by atomic mass is 16.5. The standard InChI is InChI=1S/C17H34N2O6/c1-22-11-7-18-17(21)16-15(20)5-4-14(25-16)6-8-19(9-12-23-2)10-13-24-3/h14-16,20H,4-13H2,1-3H3,(H,18,21)/t14-,15-,16-/m0/s1. The van der Waals surface area contributed by atoms with E-state index in [9.17, 15) is 9.90 Å². The number of ether oxygens (including phenoxy) is 4. The molecule has 1 heterocycles. The zero-order valence-electron chi connectivity index (χ0n) is 15.7. The Morgan fingerprint density at radius 2 is 1.72 bits per heavy atom. The maximum atomic E-state index is 12.2. The highest BCUT2D eigenvalue weighted by molar-refractivity contribution is 5.81. The van der Waals surface area contributed by atoms with E-state index in [2.05, 4.69) is 10.2 Å². The SMILES string of the molecule is COCCNC(=O)[C@H]1O[C@H](CCN(CCOC)CCOC)CC[C@@H]1O. The van der Waals surface area contributed by atoms with Crippen molar-refractivity contribution in [2.75, 3.05) is 67.3 Å². The summed E-state index contributed by atoms with van der Waals surface area (Å²) < 4.78 is 21.1. The van der Waals surface area contributed by atoms with Gasteiger partial charge in [0, 0.05) is 47.5 Å². The van der Waals surface area contributed by atoms with Crippen LogP contribution in [0.25, 0.3) is 0 Å². The molecule has 1 saturated heterocycles. The van der Waals surface area contributed by atoms with Gasteiger partial charge < -0.3 is 29.4 Å². The summed E-state index contributed by atoms with van der Waals surface area (Å²) in [6.07, 6.45) is 0.546. The summed E-state index contributed by atoms with van der Waals surface area (Å²) >= 11 is 0. The zero-order chi connectivity index (χ0) is 18.5. The Morgan fingerprint density at radius 1 is 1.08 bits per heavy atom. The Hall–Kier alpha value is -0.770. The lowest BCUT2D eigenvalue weighted by Gasteiger charge is -2.34. The second kappa shape index (κ2) is 13.4. The molecule has 8 nitrogen and oxygen atoms in total. The molecule has 1 fully saturated rings. The normalized spacial score (nSPS) is 23.8. The first-order chi connectivity index (χ1) is 12.1. The van der Waals surface area contributed by atoms with E-state index < -0.39 is 12.2 Å². The van der Waals surface area contributed by atoms with Crippen LogP contribution in [0.3, 0.4) is 0 Å². The average Bonchev–Trinajstić information content (AvgIpc) is 2.62. The minimum atomic E-state index is -0.804. The van der Waals surface area contributed by atoms with Crippen LogP contribution in [0.15, 0.2) is 0 Å². The number of methoxy groups -OCH3 is 3. The maximum Gasteiger partial charge on any atom is 0.251 e. The summed E-state index contributed by atoms with van der Waals surface area (Å²) in [5.41, 5.74) is 0. The molecule has 0 bridgehead atoms. The lowest BCUT2D eigenvalue weighted by Crippen LogP contribution is -2.50. The van der Waals surface area contributed by atoms with Crippen LogP contribution in [0.2, 0.25) is 0 Å². The molecule has 1 amide bonds. The van der Waals surface area contributed by atoms with Crippen molar-refractivity contribution < 1.29 is 28.8 Å². The highest BCUT2D eigenvalue weighted by Gasteiger charge is 2.34. The molecule has 1 aliphatic rings. The third kappa shape index (κ3) is 8.94. The van der Waals surface area contributed by atoms with Crippen molar-refractivity contribution in [3.05, 3.63) is 0 Å². The Labute approximate surface area is 150 Å². The van der Waals surface area contributed by atoms with Crippen LogP contribution in [0, 0.1) is 0 Å². The molecule has 1 rings (SSSR count). The van der Waals surface area contributed by atoms with Gasteiger partial charge in [-0.2, -0.15) is 0 Å². The van der Waals surface area contributed by atoms with Crippen LogP contribution in [0.4, 0.5) is 0 Å². The monoisotopic (exact) mass is 362 g/mol. The lowest BCUT2D eigenvalue weighted by atomic mass is 9.98. The Balaban J connectivity index is 2.42. The average molecular weight is 362 g/mol. The quantitative estimate of drug-likeness (QED) is 0.433. The van der Waals surface area contributed by atoms with Gasteiger partial charge in [-0.15, -0.1) is 0 Å². The third-order valence-electron chi connectivity index (χ3n) is 4.33. The van der Waals surface area contributed by atoms with Crippen LogP contribution in [0.1, 0.15) is 19.3 Å². The van der Waals surface area contributed by atoms with Crippen LogP contribution in [-0.4, -0.2) is 102 Å². The number of rotatable bonds is 13. The molecule has 0 aliphatic carbocycles. The summed E-state index contributed by atoms with van der Waals surface area (Å²) in [7, 11) is 4.95. The fraction of sp³-hybridized carbons (Fsp3) is 0.941. The first-order valence-corrected chi connectivity index (χ1v) is 8.92. The van der Waals surface area contributed by atoms with Crippen molar-refractivity contribution in [3.8, 4) is 0 Å². The van der Waals surface area contributed by atoms with E-state index in [1.165, 1.54) is 0 Å². The van der Waals surface area contributed by atoms with E-state index in [4.69, 9.17) is 18.9 Å². The summed E-state index contributed by atoms with van der Waals surface area (Å²) in [6, 6.07) is 0. The molecule has 1 aliphatic heterocycles. The second-order valence-electron chi connectivity index (χ2n) is 6.22. The van der Waals surface area contributed by atoms with Gasteiger partial charge in [0.25, 0.3) is 5.91 Å². The van der Waals surface area contributed by atoms with Gasteiger partial charge in [0.2, 0.25) is 0 Å². The van der Waals surface area contributed by atoms with Gasteiger partial charge in [-0.3, -0.25) is 9.69 Å². The van der Waals surface area contributed by atoms with E-state index in [0.717, 1.165) is 32.5 Å². The van der Waals surface area contributed by atoms with Gasteiger partial charge in [-0.25, -0.2) is 0 Å². The van der Waals surface area contributed by atoms with Crippen molar-refractivity contribution >= 4 is 5.91 Å². The molecule has 3 atom stereocenters. The van der Waals surface area contributed by atoms with Gasteiger partial charge in [0.15, 0.2) is 6.10 Å². The molecule has 25 heavy (non-hydrogen) atoms. The van der Waals surface area contributed by atoms with E-state index in [-0.39, 0.29) is 12.0 Å². The maximum absolute atomic E-state index is 12.2. The molecule has 0 radical (unpaired) electrons. The Morgan fingerprint density at radius 3 is 2.32 bits per heavy atom. The number of aliphatic hydroxyl groups excluding tert-OH is 1. The molecule has 0 aromatic carbocycles. The van der Waals surface area contributed by atoms with Crippen molar-refractivity contribution in [2.45, 2.75) is 37.6 Å². The molecule has 0 aromatic heterocycles. The van der Waals surface area contributed by atoms with Crippen molar-refractivity contribution in [1.29, 1.82) is 0 Å². The summed E-state index contributed by atoms with van der Waals surface area (Å²) in [6.45, 7) is 4.68. The topological polar surface area (TPSA) is 89.5 Å². The highest BCUT2D eigenvalue weighted by Crippen LogP contribution is 2.22. The molecule has 148 valence electrons. The summed E-state index contributed by atoms with van der Waals surface area (Å²) in [5.74, 6) is -0.273. The molecular formula is C17H34N2O6. The van der Waals surface area contributed by atoms with Crippen LogP contribution in [0.5, 0.6) is 0 Å². The summed E-state index contributed by atoms with van der Waals surface area (Å²) in [5, 5.41) is 12.8. The number of hydrogen-bond donors (Lipinski definition) is 2. The fourth-order valence-electron chi connectivity index (χ4n) is 2.80. The number of nitrogens with zero attached hydrogens (tertiary/aromatic N) is 1. The predicted molar refractivity (Wildman–Crippen MR) is 93.6 cm³/mol. The molecule has 0 spiro atoms. The molecular weight excluding hydrogens is 328 g/mol. The fourth-order valence-corrected chi connectivity index (χ4v) is 2.80. The van der Waals surface area contributed by atoms with E-state index in [1.54, 1.807) is 21.3 Å². The van der Waals surface area contributed by atoms with E-state index in [0.29, 0.717) is 32.8 Å². The smallest absolute Gasteiger partial charge is 0.251 e. The van der Waals surface area contributed by atoms with Gasteiger partial charge >= 0.3 is 0 Å². The zero-order valence-corrected chi connectivity index (χ0v) is 15.7. The van der Waals surface area contributed by atoms with Gasteiger partial charge in [0.1, 0.15) is 0 Å². The first kappa shape index (κ1) is 22.3. The molecule has 0 saturated carbocycles. The minimum absolute atomic E-state index is 0.0332. The number of nitrogens with one attached hydrogen (secondary N) is 1. The lowest BCUT2D eigenvalue weighted by molar-refractivity contribution is -0.158. The van der Waals surface area contributed by atoms with Crippen LogP contribution in [-0.2, 0) is 23.7 Å². The van der Waals surface area contributed by atoms with Crippen molar-refractivity contribution in [3.63, 3.8) is 0 Å². The van der Waals surface area contributed by atoms with Crippen molar-refractivity contribution in [1.82, 2.24) is 10.2 Å². The van der Waals surface area contributed by atoms with Gasteiger partial charge in [0.05, 0.1) is 32.0 Å². The number of aliphatic hydroxyl groups is 1. The molecule has 8 heteroatoms. The predicted octanol–water partition coefficient (Wildman–Crippen LogP) is -0.358. The minimum Gasteiger partial charge on any atom is -0.390 e. The van der Waals surface area contributed by atoms with Gasteiger partial charge in [-0.05, 0) is 19.3 Å². The van der Waals surface area contributed by atoms with Gasteiger partial charge in [-0.1, -0.05) is 0 Å². The number of carbonyl (C=O) groups excluding carboxylic acids is 1.